The lowest BCUT2D eigenvalue weighted by Crippen LogP contribution is -2.01. The van der Waals surface area contributed by atoms with E-state index in [2.05, 4.69) is 22.6 Å². The number of nitrogen functional groups attached to an aromatic ring is 1. The van der Waals surface area contributed by atoms with Crippen LogP contribution in [0.4, 0.5) is 5.69 Å². The average molecular weight is 291 g/mol. The van der Waals surface area contributed by atoms with Crippen LogP contribution in [0.25, 0.3) is 0 Å². The van der Waals surface area contributed by atoms with Gasteiger partial charge in [0.15, 0.2) is 5.78 Å². The Bertz CT molecular complexity index is 350. The van der Waals surface area contributed by atoms with E-state index in [1.54, 1.807) is 19.2 Å². The fourth-order valence-electron chi connectivity index (χ4n) is 0.993. The molecular weight excluding hydrogens is 281 g/mol. The first-order valence-electron chi connectivity index (χ1n) is 3.70. The van der Waals surface area contributed by atoms with E-state index in [9.17, 15) is 4.79 Å². The predicted octanol–water partition coefficient (Wildman–Crippen LogP) is 2.08. The number of carbonyl (C=O) groups excluding carboxylic acids is 1. The SMILES string of the molecule is COc1cc(N)c(I)c(C(C)=O)c1. The van der Waals surface area contributed by atoms with Crippen LogP contribution < -0.4 is 10.5 Å². The van der Waals surface area contributed by atoms with Crippen LogP contribution in [0, 0.1) is 3.57 Å². The van der Waals surface area contributed by atoms with Gasteiger partial charge in [0, 0.05) is 20.9 Å². The third kappa shape index (κ3) is 2.12. The van der Waals surface area contributed by atoms with Gasteiger partial charge in [0.1, 0.15) is 5.75 Å². The number of nitrogens with two attached hydrogens (primary N) is 1. The largest absolute Gasteiger partial charge is 0.497 e. The fraction of sp³-hybridized carbons (Fsp3) is 0.222. The second-order valence-electron chi connectivity index (χ2n) is 2.63. The lowest BCUT2D eigenvalue weighted by Gasteiger charge is -2.07. The minimum atomic E-state index is -0.00463. The van der Waals surface area contributed by atoms with E-state index in [1.165, 1.54) is 6.92 Å². The summed E-state index contributed by atoms with van der Waals surface area (Å²) in [6.07, 6.45) is 0. The van der Waals surface area contributed by atoms with E-state index in [0.717, 1.165) is 3.57 Å². The molecule has 13 heavy (non-hydrogen) atoms. The van der Waals surface area contributed by atoms with Gasteiger partial charge in [0.2, 0.25) is 0 Å². The number of hydrogen-bond donors (Lipinski definition) is 1. The molecule has 0 spiro atoms. The summed E-state index contributed by atoms with van der Waals surface area (Å²) in [5.41, 5.74) is 6.88. The van der Waals surface area contributed by atoms with Gasteiger partial charge in [-0.2, -0.15) is 0 Å². The summed E-state index contributed by atoms with van der Waals surface area (Å²) in [5, 5.41) is 0. The number of hydrogen-bond acceptors (Lipinski definition) is 3. The average Bonchev–Trinajstić information content (AvgIpc) is 2.09. The zero-order chi connectivity index (χ0) is 10.0. The van der Waals surface area contributed by atoms with E-state index in [4.69, 9.17) is 10.5 Å². The number of ether oxygens (including phenoxy) is 1. The van der Waals surface area contributed by atoms with E-state index in [1.807, 2.05) is 0 Å². The first kappa shape index (κ1) is 10.3. The Hall–Kier alpha value is -0.780. The quantitative estimate of drug-likeness (QED) is 0.515. The maximum Gasteiger partial charge on any atom is 0.161 e. The molecule has 0 atom stereocenters. The molecule has 0 fully saturated rings. The third-order valence-electron chi connectivity index (χ3n) is 1.69. The van der Waals surface area contributed by atoms with Gasteiger partial charge in [-0.1, -0.05) is 0 Å². The van der Waals surface area contributed by atoms with Crippen molar-refractivity contribution in [3.05, 3.63) is 21.3 Å². The van der Waals surface area contributed by atoms with E-state index in [0.29, 0.717) is 17.0 Å². The summed E-state index contributed by atoms with van der Waals surface area (Å²) in [4.78, 5) is 11.2. The molecule has 1 aromatic rings. The standard InChI is InChI=1S/C9H10INO2/c1-5(12)7-3-6(13-2)4-8(11)9(7)10/h3-4H,11H2,1-2H3. The molecule has 4 heteroatoms. The summed E-state index contributed by atoms with van der Waals surface area (Å²) in [6, 6.07) is 3.40. The Labute approximate surface area is 90.4 Å². The van der Waals surface area contributed by atoms with Crippen molar-refractivity contribution in [3.63, 3.8) is 0 Å². The number of ketones is 1. The molecule has 0 saturated carbocycles. The van der Waals surface area contributed by atoms with Crippen LogP contribution in [0.1, 0.15) is 17.3 Å². The molecule has 70 valence electrons. The molecule has 0 aliphatic carbocycles. The summed E-state index contributed by atoms with van der Waals surface area (Å²) < 4.78 is 5.79. The van der Waals surface area contributed by atoms with Crippen molar-refractivity contribution in [2.75, 3.05) is 12.8 Å². The molecule has 0 aliphatic rings. The molecule has 0 radical (unpaired) electrons. The summed E-state index contributed by atoms with van der Waals surface area (Å²) >= 11 is 2.05. The lowest BCUT2D eigenvalue weighted by molar-refractivity contribution is 0.101. The molecule has 3 nitrogen and oxygen atoms in total. The number of halogens is 1. The topological polar surface area (TPSA) is 52.3 Å². The molecule has 1 rings (SSSR count). The number of Topliss-reactive ketones (excluding diaryl/α,β-unsaturated/α-hetero) is 1. The highest BCUT2D eigenvalue weighted by Crippen LogP contribution is 2.26. The highest BCUT2D eigenvalue weighted by Gasteiger charge is 2.10. The van der Waals surface area contributed by atoms with Crippen molar-refractivity contribution in [1.82, 2.24) is 0 Å². The highest BCUT2D eigenvalue weighted by molar-refractivity contribution is 14.1. The first-order valence-corrected chi connectivity index (χ1v) is 4.78. The van der Waals surface area contributed by atoms with E-state index in [-0.39, 0.29) is 5.78 Å². The van der Waals surface area contributed by atoms with Crippen molar-refractivity contribution >= 4 is 34.1 Å². The van der Waals surface area contributed by atoms with Gasteiger partial charge in [-0.25, -0.2) is 0 Å². The van der Waals surface area contributed by atoms with Crippen molar-refractivity contribution in [2.24, 2.45) is 0 Å². The zero-order valence-electron chi connectivity index (χ0n) is 7.43. The Balaban J connectivity index is 3.33. The fourth-order valence-corrected chi connectivity index (χ4v) is 1.68. The Morgan fingerprint density at radius 2 is 2.15 bits per heavy atom. The molecule has 2 N–H and O–H groups in total. The molecule has 1 aromatic carbocycles. The highest BCUT2D eigenvalue weighted by atomic mass is 127. The number of anilines is 1. The number of carbonyl (C=O) groups is 1. The molecule has 0 aliphatic heterocycles. The smallest absolute Gasteiger partial charge is 0.161 e. The molecule has 0 bridgehead atoms. The summed E-state index contributed by atoms with van der Waals surface area (Å²) in [7, 11) is 1.55. The van der Waals surface area contributed by atoms with Gasteiger partial charge in [-0.3, -0.25) is 4.79 Å². The van der Waals surface area contributed by atoms with Gasteiger partial charge in [0.05, 0.1) is 7.11 Å². The van der Waals surface area contributed by atoms with E-state index < -0.39 is 0 Å². The summed E-state index contributed by atoms with van der Waals surface area (Å²) in [5.74, 6) is 0.609. The van der Waals surface area contributed by atoms with Gasteiger partial charge < -0.3 is 10.5 Å². The first-order chi connectivity index (χ1) is 6.06. The predicted molar refractivity (Wildman–Crippen MR) is 60.1 cm³/mol. The number of benzene rings is 1. The third-order valence-corrected chi connectivity index (χ3v) is 2.89. The minimum Gasteiger partial charge on any atom is -0.497 e. The van der Waals surface area contributed by atoms with Crippen LogP contribution >= 0.6 is 22.6 Å². The van der Waals surface area contributed by atoms with Gasteiger partial charge in [-0.15, -0.1) is 0 Å². The monoisotopic (exact) mass is 291 g/mol. The Kier molecular flexibility index (Phi) is 3.13. The van der Waals surface area contributed by atoms with Crippen LogP contribution in [0.15, 0.2) is 12.1 Å². The molecule has 0 heterocycles. The van der Waals surface area contributed by atoms with Crippen molar-refractivity contribution in [2.45, 2.75) is 6.92 Å². The molecule has 0 saturated heterocycles. The number of rotatable bonds is 2. The zero-order valence-corrected chi connectivity index (χ0v) is 9.58. The van der Waals surface area contributed by atoms with Crippen molar-refractivity contribution in [3.8, 4) is 5.75 Å². The molecule has 0 unspecified atom stereocenters. The number of methoxy groups -OCH3 is 1. The van der Waals surface area contributed by atoms with Gasteiger partial charge in [-0.05, 0) is 35.6 Å². The van der Waals surface area contributed by atoms with Gasteiger partial charge >= 0.3 is 0 Å². The lowest BCUT2D eigenvalue weighted by atomic mass is 10.1. The van der Waals surface area contributed by atoms with E-state index >= 15 is 0 Å². The van der Waals surface area contributed by atoms with Crippen LogP contribution in [0.3, 0.4) is 0 Å². The maximum atomic E-state index is 11.2. The molecule has 0 aromatic heterocycles. The van der Waals surface area contributed by atoms with Crippen LogP contribution in [0.5, 0.6) is 5.75 Å². The van der Waals surface area contributed by atoms with Gasteiger partial charge in [0.25, 0.3) is 0 Å². The summed E-state index contributed by atoms with van der Waals surface area (Å²) in [6.45, 7) is 1.51. The second-order valence-corrected chi connectivity index (χ2v) is 3.71. The van der Waals surface area contributed by atoms with Crippen molar-refractivity contribution < 1.29 is 9.53 Å². The maximum absolute atomic E-state index is 11.2. The van der Waals surface area contributed by atoms with Crippen LogP contribution in [-0.4, -0.2) is 12.9 Å². The van der Waals surface area contributed by atoms with Crippen molar-refractivity contribution in [1.29, 1.82) is 0 Å². The minimum absolute atomic E-state index is 0.00463. The van der Waals surface area contributed by atoms with Crippen LogP contribution in [0.2, 0.25) is 0 Å². The molecule has 0 amide bonds. The Morgan fingerprint density at radius 3 is 2.62 bits per heavy atom. The molecular formula is C9H10INO2. The Morgan fingerprint density at radius 1 is 1.54 bits per heavy atom. The second kappa shape index (κ2) is 3.95. The normalized spacial score (nSPS) is 9.77. The van der Waals surface area contributed by atoms with Crippen LogP contribution in [-0.2, 0) is 0 Å².